The fraction of sp³-hybridized carbons (Fsp3) is 0.276. The number of rotatable bonds is 5. The molecule has 0 saturated carbocycles. The van der Waals surface area contributed by atoms with Crippen LogP contribution in [0.3, 0.4) is 0 Å². The second kappa shape index (κ2) is 9.11. The first-order valence-electron chi connectivity index (χ1n) is 11.8. The van der Waals surface area contributed by atoms with Crippen molar-refractivity contribution in [2.75, 3.05) is 0 Å². The number of Topliss-reactive ketones (excluding diaryl/α,β-unsaturated/α-hetero) is 1. The molecule has 0 spiro atoms. The van der Waals surface area contributed by atoms with Crippen molar-refractivity contribution in [2.45, 2.75) is 46.3 Å². The lowest BCUT2D eigenvalue weighted by Gasteiger charge is -2.29. The van der Waals surface area contributed by atoms with Gasteiger partial charge in [0, 0.05) is 34.1 Å². The van der Waals surface area contributed by atoms with E-state index in [1.54, 1.807) is 18.3 Å². The Hall–Kier alpha value is -3.06. The molecule has 7 heteroatoms. The van der Waals surface area contributed by atoms with Gasteiger partial charge in [-0.05, 0) is 70.0 Å². The van der Waals surface area contributed by atoms with Gasteiger partial charge in [0.05, 0.1) is 27.5 Å². The molecule has 0 aliphatic heterocycles. The number of ketones is 1. The minimum Gasteiger partial charge on any atom is -0.360 e. The highest BCUT2D eigenvalue weighted by Crippen LogP contribution is 2.45. The van der Waals surface area contributed by atoms with Gasteiger partial charge in [-0.15, -0.1) is 11.3 Å². The molecule has 0 aliphatic carbocycles. The number of carbonyl (C=O) groups is 1. The first-order chi connectivity index (χ1) is 17.0. The topological polar surface area (TPSA) is 57.0 Å². The van der Waals surface area contributed by atoms with Gasteiger partial charge in [-0.1, -0.05) is 35.9 Å². The molecular weight excluding hydrogens is 490 g/mol. The molecule has 0 N–H and O–H groups in total. The summed E-state index contributed by atoms with van der Waals surface area (Å²) < 4.78 is 9.23. The van der Waals surface area contributed by atoms with Crippen LogP contribution in [-0.4, -0.2) is 26.1 Å². The van der Waals surface area contributed by atoms with E-state index in [9.17, 15) is 4.79 Å². The molecular formula is C29H28ClN3O2S. The highest BCUT2D eigenvalue weighted by atomic mass is 35.5. The van der Waals surface area contributed by atoms with Crippen molar-refractivity contribution >= 4 is 49.8 Å². The Morgan fingerprint density at radius 2 is 1.86 bits per heavy atom. The molecule has 5 aromatic rings. The van der Waals surface area contributed by atoms with Crippen LogP contribution in [-0.2, 0) is 16.6 Å². The van der Waals surface area contributed by atoms with E-state index in [-0.39, 0.29) is 5.78 Å². The maximum atomic E-state index is 13.0. The summed E-state index contributed by atoms with van der Waals surface area (Å²) in [6, 6.07) is 16.0. The molecule has 1 atom stereocenters. The highest BCUT2D eigenvalue weighted by Gasteiger charge is 2.30. The fourth-order valence-corrected chi connectivity index (χ4v) is 5.92. The van der Waals surface area contributed by atoms with Gasteiger partial charge in [0.1, 0.15) is 11.1 Å². The Balaban J connectivity index is 1.82. The molecule has 0 unspecified atom stereocenters. The van der Waals surface area contributed by atoms with E-state index >= 15 is 0 Å². The lowest BCUT2D eigenvalue weighted by molar-refractivity contribution is -0.138. The van der Waals surface area contributed by atoms with Crippen molar-refractivity contribution in [1.82, 2.24) is 14.8 Å². The first-order valence-corrected chi connectivity index (χ1v) is 13.0. The minimum atomic E-state index is -0.701. The zero-order chi connectivity index (χ0) is 25.8. The van der Waals surface area contributed by atoms with Gasteiger partial charge in [0.2, 0.25) is 0 Å². The third kappa shape index (κ3) is 4.45. The summed E-state index contributed by atoms with van der Waals surface area (Å²) >= 11 is 7.86. The second-order valence-corrected chi connectivity index (χ2v) is 11.5. The van der Waals surface area contributed by atoms with Crippen LogP contribution in [0.4, 0.5) is 0 Å². The Labute approximate surface area is 219 Å². The van der Waals surface area contributed by atoms with Crippen LogP contribution >= 0.6 is 22.9 Å². The molecule has 0 aliphatic rings. The predicted octanol–water partition coefficient (Wildman–Crippen LogP) is 7.92. The zero-order valence-corrected chi connectivity index (χ0v) is 22.8. The SMILES string of the molecule is CC(=O)[C@@H](OC(C)(C)C)c1c(C)cc2nc(-c3cccc4c3cnn4C)sc2c1-c1ccc(Cl)cc1. The average molecular weight is 518 g/mol. The lowest BCUT2D eigenvalue weighted by Crippen LogP contribution is -2.27. The molecule has 0 amide bonds. The normalized spacial score (nSPS) is 13.0. The number of aryl methyl sites for hydroxylation is 2. The Bertz CT molecular complexity index is 1610. The molecule has 5 nitrogen and oxygen atoms in total. The number of fused-ring (bicyclic) bond motifs is 2. The van der Waals surface area contributed by atoms with Crippen molar-refractivity contribution in [3.63, 3.8) is 0 Å². The molecule has 0 fully saturated rings. The van der Waals surface area contributed by atoms with Crippen LogP contribution in [0.1, 0.15) is 44.9 Å². The summed E-state index contributed by atoms with van der Waals surface area (Å²) in [5.74, 6) is -0.0348. The van der Waals surface area contributed by atoms with Crippen LogP contribution in [0.15, 0.2) is 54.7 Å². The molecule has 36 heavy (non-hydrogen) atoms. The first kappa shape index (κ1) is 24.6. The third-order valence-corrected chi connectivity index (χ3v) is 7.56. The summed E-state index contributed by atoms with van der Waals surface area (Å²) in [7, 11) is 1.94. The summed E-state index contributed by atoms with van der Waals surface area (Å²) in [5, 5.41) is 7.07. The maximum Gasteiger partial charge on any atom is 0.163 e. The number of benzene rings is 3. The van der Waals surface area contributed by atoms with Gasteiger partial charge in [-0.2, -0.15) is 5.10 Å². The lowest BCUT2D eigenvalue weighted by atomic mass is 9.90. The summed E-state index contributed by atoms with van der Waals surface area (Å²) in [6.07, 6.45) is 1.18. The standard InChI is InChI=1S/C29H28ClN3O2S/c1-16-14-22-27(36-28(32-22)20-8-7-9-23-21(20)15-31-33(23)6)25(18-10-12-19(30)13-11-18)24(16)26(17(2)34)35-29(3,4)5/h7-15,26H,1-6H3/t26-/m1/s1. The number of carbonyl (C=O) groups excluding carboxylic acids is 1. The number of halogens is 1. The molecule has 2 heterocycles. The van der Waals surface area contributed by atoms with Crippen LogP contribution in [0.2, 0.25) is 5.02 Å². The van der Waals surface area contributed by atoms with Gasteiger partial charge in [-0.3, -0.25) is 9.48 Å². The van der Waals surface area contributed by atoms with Gasteiger partial charge in [0.15, 0.2) is 5.78 Å². The van der Waals surface area contributed by atoms with E-state index in [4.69, 9.17) is 21.3 Å². The monoisotopic (exact) mass is 517 g/mol. The van der Waals surface area contributed by atoms with E-state index in [2.05, 4.69) is 23.3 Å². The summed E-state index contributed by atoms with van der Waals surface area (Å²) in [6.45, 7) is 9.53. The molecule has 0 saturated heterocycles. The van der Waals surface area contributed by atoms with Crippen LogP contribution < -0.4 is 0 Å². The zero-order valence-electron chi connectivity index (χ0n) is 21.2. The van der Waals surface area contributed by atoms with E-state index in [0.29, 0.717) is 5.02 Å². The van der Waals surface area contributed by atoms with Crippen molar-refractivity contribution in [2.24, 2.45) is 7.05 Å². The van der Waals surface area contributed by atoms with Gasteiger partial charge < -0.3 is 4.74 Å². The molecule has 5 rings (SSSR count). The fourth-order valence-electron chi connectivity index (χ4n) is 4.63. The molecule has 0 bridgehead atoms. The van der Waals surface area contributed by atoms with E-state index in [1.807, 2.05) is 76.0 Å². The number of hydrogen-bond donors (Lipinski definition) is 0. The largest absolute Gasteiger partial charge is 0.360 e. The quantitative estimate of drug-likeness (QED) is 0.237. The van der Waals surface area contributed by atoms with Crippen molar-refractivity contribution in [3.05, 3.63) is 70.9 Å². The molecule has 3 aromatic carbocycles. The van der Waals surface area contributed by atoms with Gasteiger partial charge in [0.25, 0.3) is 0 Å². The van der Waals surface area contributed by atoms with Crippen molar-refractivity contribution in [3.8, 4) is 21.7 Å². The van der Waals surface area contributed by atoms with Crippen LogP contribution in [0, 0.1) is 6.92 Å². The Morgan fingerprint density at radius 3 is 2.53 bits per heavy atom. The third-order valence-electron chi connectivity index (χ3n) is 6.19. The summed E-state index contributed by atoms with van der Waals surface area (Å²) in [5.41, 5.74) is 6.27. The molecule has 2 aromatic heterocycles. The summed E-state index contributed by atoms with van der Waals surface area (Å²) in [4.78, 5) is 18.0. The Kier molecular flexibility index (Phi) is 6.23. The van der Waals surface area contributed by atoms with E-state index in [1.165, 1.54) is 0 Å². The number of nitrogens with zero attached hydrogens (tertiary/aromatic N) is 3. The predicted molar refractivity (Wildman–Crippen MR) is 149 cm³/mol. The van der Waals surface area contributed by atoms with Gasteiger partial charge >= 0.3 is 0 Å². The average Bonchev–Trinajstić information content (AvgIpc) is 3.40. The van der Waals surface area contributed by atoms with Crippen LogP contribution in [0.5, 0.6) is 0 Å². The minimum absolute atomic E-state index is 0.0348. The van der Waals surface area contributed by atoms with E-state index in [0.717, 1.165) is 53.9 Å². The number of thiazole rings is 1. The van der Waals surface area contributed by atoms with Crippen LogP contribution in [0.25, 0.3) is 42.8 Å². The second-order valence-electron chi connectivity index (χ2n) is 10.1. The van der Waals surface area contributed by atoms with Gasteiger partial charge in [-0.25, -0.2) is 4.98 Å². The molecule has 0 radical (unpaired) electrons. The number of ether oxygens (including phenoxy) is 1. The maximum absolute atomic E-state index is 13.0. The highest BCUT2D eigenvalue weighted by molar-refractivity contribution is 7.22. The van der Waals surface area contributed by atoms with Crippen molar-refractivity contribution < 1.29 is 9.53 Å². The Morgan fingerprint density at radius 1 is 1.14 bits per heavy atom. The molecule has 184 valence electrons. The van der Waals surface area contributed by atoms with Crippen molar-refractivity contribution in [1.29, 1.82) is 0 Å². The number of hydrogen-bond acceptors (Lipinski definition) is 5. The smallest absolute Gasteiger partial charge is 0.163 e. The van der Waals surface area contributed by atoms with E-state index < -0.39 is 11.7 Å². The number of aromatic nitrogens is 3.